The molecule has 4 heteroatoms. The lowest BCUT2D eigenvalue weighted by Gasteiger charge is -2.26. The lowest BCUT2D eigenvalue weighted by atomic mass is 9.96. The first-order chi connectivity index (χ1) is 8.61. The molecule has 2 rings (SSSR count). The molecule has 18 heavy (non-hydrogen) atoms. The number of carboxylic acids is 1. The Morgan fingerprint density at radius 1 is 1.50 bits per heavy atom. The SMILES string of the molecule is CC1(NCC(C(=O)O)c2ccccc2)CCOC1. The van der Waals surface area contributed by atoms with Crippen molar-refractivity contribution in [1.29, 1.82) is 0 Å². The van der Waals surface area contributed by atoms with Crippen molar-refractivity contribution in [3.63, 3.8) is 0 Å². The summed E-state index contributed by atoms with van der Waals surface area (Å²) < 4.78 is 5.35. The van der Waals surface area contributed by atoms with Crippen LogP contribution in [0.15, 0.2) is 30.3 Å². The number of carboxylic acid groups (broad SMARTS) is 1. The molecule has 1 fully saturated rings. The quantitative estimate of drug-likeness (QED) is 0.832. The summed E-state index contributed by atoms with van der Waals surface area (Å²) in [6, 6.07) is 9.33. The van der Waals surface area contributed by atoms with Crippen LogP contribution < -0.4 is 5.32 Å². The van der Waals surface area contributed by atoms with Gasteiger partial charge in [0, 0.05) is 18.7 Å². The van der Waals surface area contributed by atoms with E-state index in [0.717, 1.165) is 18.6 Å². The van der Waals surface area contributed by atoms with Crippen LogP contribution in [0, 0.1) is 0 Å². The molecule has 2 unspecified atom stereocenters. The van der Waals surface area contributed by atoms with Gasteiger partial charge in [0.15, 0.2) is 0 Å². The molecule has 0 saturated carbocycles. The minimum Gasteiger partial charge on any atom is -0.481 e. The maximum Gasteiger partial charge on any atom is 0.312 e. The molecule has 0 aliphatic carbocycles. The minimum atomic E-state index is -0.795. The van der Waals surface area contributed by atoms with Gasteiger partial charge in [-0.15, -0.1) is 0 Å². The molecule has 0 amide bonds. The van der Waals surface area contributed by atoms with Crippen LogP contribution in [-0.4, -0.2) is 36.4 Å². The van der Waals surface area contributed by atoms with E-state index in [2.05, 4.69) is 12.2 Å². The lowest BCUT2D eigenvalue weighted by Crippen LogP contribution is -2.45. The molecule has 1 aliphatic rings. The Morgan fingerprint density at radius 3 is 2.78 bits per heavy atom. The van der Waals surface area contributed by atoms with Crippen molar-refractivity contribution in [3.8, 4) is 0 Å². The molecule has 0 bridgehead atoms. The Bertz CT molecular complexity index is 399. The van der Waals surface area contributed by atoms with Gasteiger partial charge < -0.3 is 15.2 Å². The van der Waals surface area contributed by atoms with Crippen LogP contribution in [-0.2, 0) is 9.53 Å². The third kappa shape index (κ3) is 3.09. The molecular formula is C14H19NO3. The van der Waals surface area contributed by atoms with Gasteiger partial charge in [-0.1, -0.05) is 30.3 Å². The smallest absolute Gasteiger partial charge is 0.312 e. The molecule has 0 radical (unpaired) electrons. The normalized spacial score (nSPS) is 24.9. The molecule has 1 aromatic carbocycles. The van der Waals surface area contributed by atoms with Gasteiger partial charge in [-0.2, -0.15) is 0 Å². The van der Waals surface area contributed by atoms with Crippen LogP contribution in [0.2, 0.25) is 0 Å². The van der Waals surface area contributed by atoms with Gasteiger partial charge >= 0.3 is 5.97 Å². The standard InChI is InChI=1S/C14H19NO3/c1-14(7-8-18-10-14)15-9-12(13(16)17)11-5-3-2-4-6-11/h2-6,12,15H,7-10H2,1H3,(H,16,17). The van der Waals surface area contributed by atoms with Crippen molar-refractivity contribution < 1.29 is 14.6 Å². The first kappa shape index (κ1) is 13.1. The van der Waals surface area contributed by atoms with Crippen molar-refractivity contribution in [1.82, 2.24) is 5.32 Å². The fourth-order valence-electron chi connectivity index (χ4n) is 2.19. The van der Waals surface area contributed by atoms with E-state index in [4.69, 9.17) is 4.74 Å². The number of carbonyl (C=O) groups is 1. The first-order valence-electron chi connectivity index (χ1n) is 6.21. The molecule has 4 nitrogen and oxygen atoms in total. The zero-order valence-corrected chi connectivity index (χ0v) is 10.6. The molecule has 1 aliphatic heterocycles. The van der Waals surface area contributed by atoms with Crippen molar-refractivity contribution in [2.75, 3.05) is 19.8 Å². The van der Waals surface area contributed by atoms with Crippen LogP contribution in [0.25, 0.3) is 0 Å². The van der Waals surface area contributed by atoms with Gasteiger partial charge in [0.25, 0.3) is 0 Å². The Hall–Kier alpha value is -1.39. The van der Waals surface area contributed by atoms with Crippen molar-refractivity contribution in [3.05, 3.63) is 35.9 Å². The van der Waals surface area contributed by atoms with Gasteiger partial charge in [0.2, 0.25) is 0 Å². The lowest BCUT2D eigenvalue weighted by molar-refractivity contribution is -0.138. The van der Waals surface area contributed by atoms with Crippen LogP contribution in [0.5, 0.6) is 0 Å². The molecule has 2 atom stereocenters. The highest BCUT2D eigenvalue weighted by Crippen LogP contribution is 2.20. The molecule has 1 heterocycles. The highest BCUT2D eigenvalue weighted by Gasteiger charge is 2.31. The van der Waals surface area contributed by atoms with E-state index in [-0.39, 0.29) is 5.54 Å². The fraction of sp³-hybridized carbons (Fsp3) is 0.500. The highest BCUT2D eigenvalue weighted by atomic mass is 16.5. The van der Waals surface area contributed by atoms with E-state index in [1.165, 1.54) is 0 Å². The van der Waals surface area contributed by atoms with Gasteiger partial charge in [-0.3, -0.25) is 4.79 Å². The van der Waals surface area contributed by atoms with Crippen molar-refractivity contribution in [2.24, 2.45) is 0 Å². The van der Waals surface area contributed by atoms with Gasteiger partial charge in [-0.25, -0.2) is 0 Å². The fourth-order valence-corrected chi connectivity index (χ4v) is 2.19. The summed E-state index contributed by atoms with van der Waals surface area (Å²) in [6.07, 6.45) is 0.925. The number of ether oxygens (including phenoxy) is 1. The second-order valence-corrected chi connectivity index (χ2v) is 5.05. The summed E-state index contributed by atoms with van der Waals surface area (Å²) in [5.74, 6) is -1.31. The molecule has 0 aromatic heterocycles. The molecule has 98 valence electrons. The number of benzene rings is 1. The van der Waals surface area contributed by atoms with Crippen molar-refractivity contribution in [2.45, 2.75) is 24.8 Å². The van der Waals surface area contributed by atoms with E-state index < -0.39 is 11.9 Å². The number of hydrogen-bond donors (Lipinski definition) is 2. The summed E-state index contributed by atoms with van der Waals surface area (Å²) in [4.78, 5) is 11.3. The van der Waals surface area contributed by atoms with Crippen LogP contribution >= 0.6 is 0 Å². The molecule has 0 spiro atoms. The molecular weight excluding hydrogens is 230 g/mol. The largest absolute Gasteiger partial charge is 0.481 e. The number of aliphatic carboxylic acids is 1. The molecule has 2 N–H and O–H groups in total. The second kappa shape index (κ2) is 5.50. The van der Waals surface area contributed by atoms with E-state index in [0.29, 0.717) is 13.2 Å². The van der Waals surface area contributed by atoms with Crippen LogP contribution in [0.4, 0.5) is 0 Å². The van der Waals surface area contributed by atoms with Gasteiger partial charge in [0.05, 0.1) is 12.5 Å². The predicted octanol–water partition coefficient (Wildman–Crippen LogP) is 1.62. The Morgan fingerprint density at radius 2 is 2.22 bits per heavy atom. The topological polar surface area (TPSA) is 58.6 Å². The monoisotopic (exact) mass is 249 g/mol. The van der Waals surface area contributed by atoms with E-state index >= 15 is 0 Å². The van der Waals surface area contributed by atoms with Crippen molar-refractivity contribution >= 4 is 5.97 Å². The Labute approximate surface area is 107 Å². The molecule has 1 saturated heterocycles. The number of nitrogens with one attached hydrogen (secondary N) is 1. The average molecular weight is 249 g/mol. The van der Waals surface area contributed by atoms with Crippen LogP contribution in [0.1, 0.15) is 24.8 Å². The third-order valence-corrected chi connectivity index (χ3v) is 3.45. The number of rotatable bonds is 5. The molecule has 1 aromatic rings. The highest BCUT2D eigenvalue weighted by molar-refractivity contribution is 5.76. The summed E-state index contributed by atoms with van der Waals surface area (Å²) in [6.45, 7) is 3.89. The maximum atomic E-state index is 11.3. The summed E-state index contributed by atoms with van der Waals surface area (Å²) in [5, 5.41) is 12.6. The Balaban J connectivity index is 2.01. The predicted molar refractivity (Wildman–Crippen MR) is 68.7 cm³/mol. The minimum absolute atomic E-state index is 0.0948. The summed E-state index contributed by atoms with van der Waals surface area (Å²) in [5.41, 5.74) is 0.739. The zero-order valence-electron chi connectivity index (χ0n) is 10.6. The van der Waals surface area contributed by atoms with Gasteiger partial charge in [0.1, 0.15) is 0 Å². The number of hydrogen-bond acceptors (Lipinski definition) is 3. The van der Waals surface area contributed by atoms with E-state index in [1.54, 1.807) is 0 Å². The maximum absolute atomic E-state index is 11.3. The first-order valence-corrected chi connectivity index (χ1v) is 6.21. The third-order valence-electron chi connectivity index (χ3n) is 3.45. The van der Waals surface area contributed by atoms with Crippen LogP contribution in [0.3, 0.4) is 0 Å². The summed E-state index contributed by atoms with van der Waals surface area (Å²) in [7, 11) is 0. The Kier molecular flexibility index (Phi) is 3.99. The average Bonchev–Trinajstić information content (AvgIpc) is 2.78. The summed E-state index contributed by atoms with van der Waals surface area (Å²) >= 11 is 0. The second-order valence-electron chi connectivity index (χ2n) is 5.05. The van der Waals surface area contributed by atoms with E-state index in [9.17, 15) is 9.90 Å². The zero-order chi connectivity index (χ0) is 13.0. The van der Waals surface area contributed by atoms with Gasteiger partial charge in [-0.05, 0) is 18.9 Å². The van der Waals surface area contributed by atoms with E-state index in [1.807, 2.05) is 30.3 Å².